The van der Waals surface area contributed by atoms with Gasteiger partial charge in [-0.1, -0.05) is 11.8 Å². The maximum atomic E-state index is 11.1. The fraction of sp³-hybridized carbons (Fsp3) is 0.429. The molecule has 0 unspecified atom stereocenters. The number of nitrogens with two attached hydrogens (primary N) is 2. The van der Waals surface area contributed by atoms with Crippen LogP contribution in [0, 0.1) is 5.41 Å². The van der Waals surface area contributed by atoms with E-state index in [1.807, 2.05) is 5.32 Å². The number of hydrogen-bond donors (Lipinski definition) is 4. The Hall–Kier alpha value is -1.77. The van der Waals surface area contributed by atoms with Crippen molar-refractivity contribution in [3.63, 3.8) is 0 Å². The molecule has 16 heavy (non-hydrogen) atoms. The molecule has 90 valence electrons. The van der Waals surface area contributed by atoms with E-state index in [4.69, 9.17) is 16.9 Å². The zero-order valence-corrected chi connectivity index (χ0v) is 9.47. The molecular weight excluding hydrogens is 234 g/mol. The van der Waals surface area contributed by atoms with Crippen LogP contribution in [-0.4, -0.2) is 35.5 Å². The van der Waals surface area contributed by atoms with Crippen LogP contribution < -0.4 is 16.8 Å². The van der Waals surface area contributed by atoms with Crippen molar-refractivity contribution in [1.29, 1.82) is 5.41 Å². The highest BCUT2D eigenvalue weighted by atomic mass is 32.2. The molecule has 0 spiro atoms. The van der Waals surface area contributed by atoms with Gasteiger partial charge < -0.3 is 16.2 Å². The lowest BCUT2D eigenvalue weighted by molar-refractivity contribution is -0.117. The molecule has 6 N–H and O–H groups in total. The highest BCUT2D eigenvalue weighted by Crippen LogP contribution is 2.02. The molecule has 0 aliphatic rings. The van der Waals surface area contributed by atoms with Crippen LogP contribution >= 0.6 is 11.8 Å². The van der Waals surface area contributed by atoms with E-state index in [1.165, 1.54) is 0 Å². The molecule has 8 nitrogen and oxygen atoms in total. The number of alkyl carbamates (subject to hydrolysis) is 1. The van der Waals surface area contributed by atoms with Gasteiger partial charge in [0, 0.05) is 0 Å². The van der Waals surface area contributed by atoms with Crippen LogP contribution in [0.5, 0.6) is 0 Å². The Morgan fingerprint density at radius 1 is 1.50 bits per heavy atom. The van der Waals surface area contributed by atoms with E-state index in [-0.39, 0.29) is 23.5 Å². The minimum Gasteiger partial charge on any atom is -0.450 e. The highest BCUT2D eigenvalue weighted by Gasteiger charge is 2.09. The number of amides is 2. The van der Waals surface area contributed by atoms with Crippen molar-refractivity contribution in [3.8, 4) is 0 Å². The summed E-state index contributed by atoms with van der Waals surface area (Å²) in [6.07, 6.45) is -0.818. The van der Waals surface area contributed by atoms with Crippen molar-refractivity contribution >= 4 is 34.9 Å². The average Bonchev–Trinajstić information content (AvgIpc) is 2.14. The van der Waals surface area contributed by atoms with Gasteiger partial charge in [-0.3, -0.25) is 15.5 Å². The van der Waals surface area contributed by atoms with E-state index in [2.05, 4.69) is 9.73 Å². The Balaban J connectivity index is 3.86. The number of thioether (sulfide) groups is 1. The number of nitrogens with one attached hydrogen (secondary N) is 2. The summed E-state index contributed by atoms with van der Waals surface area (Å²) >= 11 is 0.789. The van der Waals surface area contributed by atoms with Crippen LogP contribution in [0.3, 0.4) is 0 Å². The summed E-state index contributed by atoms with van der Waals surface area (Å²) in [6, 6.07) is 0. The molecule has 0 heterocycles. The van der Waals surface area contributed by atoms with Gasteiger partial charge in [-0.25, -0.2) is 4.79 Å². The number of carbonyl (C=O) groups excluding carboxylic acids is 2. The third kappa shape index (κ3) is 7.62. The Labute approximate surface area is 96.3 Å². The van der Waals surface area contributed by atoms with Crippen molar-refractivity contribution in [1.82, 2.24) is 5.32 Å². The summed E-state index contributed by atoms with van der Waals surface area (Å²) in [5.74, 6) is -0.990. The first-order valence-electron chi connectivity index (χ1n) is 4.23. The summed E-state index contributed by atoms with van der Waals surface area (Å²) in [6.45, 7) is 1.79. The third-order valence-corrected chi connectivity index (χ3v) is 1.86. The highest BCUT2D eigenvalue weighted by molar-refractivity contribution is 8.14. The lowest BCUT2D eigenvalue weighted by atomic mass is 10.7. The molecule has 0 bridgehead atoms. The molecule has 0 aromatic carbocycles. The van der Waals surface area contributed by atoms with E-state index in [9.17, 15) is 9.59 Å². The Bertz CT molecular complexity index is 313. The summed E-state index contributed by atoms with van der Waals surface area (Å²) < 4.78 is 4.48. The number of imide groups is 1. The summed E-state index contributed by atoms with van der Waals surface area (Å²) in [7, 11) is 0. The number of carbonyl (C=O) groups is 2. The van der Waals surface area contributed by atoms with Crippen molar-refractivity contribution in [3.05, 3.63) is 0 Å². The van der Waals surface area contributed by atoms with Gasteiger partial charge >= 0.3 is 6.09 Å². The Morgan fingerprint density at radius 2 is 2.12 bits per heavy atom. The number of amidine groups is 1. The summed E-state index contributed by atoms with van der Waals surface area (Å²) in [4.78, 5) is 25.3. The first kappa shape index (κ1) is 14.2. The smallest absolute Gasteiger partial charge is 0.413 e. The largest absolute Gasteiger partial charge is 0.450 e. The molecule has 0 aromatic rings. The van der Waals surface area contributed by atoms with E-state index in [1.54, 1.807) is 6.92 Å². The van der Waals surface area contributed by atoms with Crippen LogP contribution in [0.15, 0.2) is 4.99 Å². The van der Waals surface area contributed by atoms with Gasteiger partial charge in [0.1, 0.15) is 0 Å². The molecule has 0 atom stereocenters. The molecule has 0 aliphatic heterocycles. The van der Waals surface area contributed by atoms with Gasteiger partial charge in [0.2, 0.25) is 5.91 Å². The zero-order chi connectivity index (χ0) is 12.6. The summed E-state index contributed by atoms with van der Waals surface area (Å²) in [5.41, 5.74) is 10.0. The van der Waals surface area contributed by atoms with Crippen molar-refractivity contribution < 1.29 is 14.3 Å². The lowest BCUT2D eigenvalue weighted by Gasteiger charge is -2.03. The van der Waals surface area contributed by atoms with Gasteiger partial charge in [-0.15, -0.1) is 0 Å². The molecule has 0 saturated heterocycles. The molecule has 0 rings (SSSR count). The molecule has 0 aromatic heterocycles. The van der Waals surface area contributed by atoms with Gasteiger partial charge in [-0.2, -0.15) is 4.99 Å². The summed E-state index contributed by atoms with van der Waals surface area (Å²) in [5, 5.41) is 8.95. The number of hydrogen-bond acceptors (Lipinski definition) is 5. The van der Waals surface area contributed by atoms with Crippen LogP contribution in [0.4, 0.5) is 4.79 Å². The second-order valence-corrected chi connectivity index (χ2v) is 3.36. The second kappa shape index (κ2) is 7.51. The average molecular weight is 247 g/mol. The van der Waals surface area contributed by atoms with Gasteiger partial charge in [-0.05, 0) is 6.92 Å². The minimum absolute atomic E-state index is 0.144. The molecular formula is C7H13N5O3S. The number of guanidine groups is 1. The Morgan fingerprint density at radius 3 is 2.62 bits per heavy atom. The fourth-order valence-corrected chi connectivity index (χ4v) is 1.11. The predicted octanol–water partition coefficient (Wildman–Crippen LogP) is -0.800. The molecule has 9 heteroatoms. The van der Waals surface area contributed by atoms with Gasteiger partial charge in [0.15, 0.2) is 11.1 Å². The maximum absolute atomic E-state index is 11.1. The number of aliphatic imine (C=N–C) groups is 1. The van der Waals surface area contributed by atoms with E-state index < -0.39 is 12.0 Å². The van der Waals surface area contributed by atoms with Crippen LogP contribution in [0.2, 0.25) is 0 Å². The zero-order valence-electron chi connectivity index (χ0n) is 8.65. The normalized spacial score (nSPS) is 9.06. The number of nitrogens with zero attached hydrogens (tertiary/aromatic N) is 1. The predicted molar refractivity (Wildman–Crippen MR) is 61.2 cm³/mol. The van der Waals surface area contributed by atoms with E-state index in [0.717, 1.165) is 11.8 Å². The van der Waals surface area contributed by atoms with Crippen LogP contribution in [0.1, 0.15) is 6.92 Å². The first-order chi connectivity index (χ1) is 7.45. The second-order valence-electron chi connectivity index (χ2n) is 2.40. The minimum atomic E-state index is -0.818. The quantitative estimate of drug-likeness (QED) is 0.379. The monoisotopic (exact) mass is 247 g/mol. The van der Waals surface area contributed by atoms with Crippen LogP contribution in [0.25, 0.3) is 0 Å². The molecule has 0 saturated carbocycles. The Kier molecular flexibility index (Phi) is 6.68. The molecule has 0 fully saturated rings. The van der Waals surface area contributed by atoms with E-state index in [0.29, 0.717) is 0 Å². The first-order valence-corrected chi connectivity index (χ1v) is 5.21. The van der Waals surface area contributed by atoms with Crippen molar-refractivity contribution in [2.75, 3.05) is 12.4 Å². The topological polar surface area (TPSA) is 144 Å². The molecule has 0 radical (unpaired) electrons. The van der Waals surface area contributed by atoms with Gasteiger partial charge in [0.25, 0.3) is 0 Å². The SMILES string of the molecule is CCOC(=O)NC(=O)CSC(=N)N=C(N)N. The standard InChI is InChI=1S/C7H13N5O3S/c1-2-15-7(14)11-4(13)3-16-6(10)12-5(8)9/h2-3H2,1H3,(H,11,13,14)(H5,8,9,10,12). The molecule has 0 aliphatic carbocycles. The van der Waals surface area contributed by atoms with E-state index >= 15 is 0 Å². The molecule has 2 amide bonds. The number of rotatable bonds is 3. The maximum Gasteiger partial charge on any atom is 0.413 e. The lowest BCUT2D eigenvalue weighted by Crippen LogP contribution is -2.32. The fourth-order valence-electron chi connectivity index (χ4n) is 0.601. The third-order valence-electron chi connectivity index (χ3n) is 1.09. The van der Waals surface area contributed by atoms with Gasteiger partial charge in [0.05, 0.1) is 12.4 Å². The van der Waals surface area contributed by atoms with Crippen molar-refractivity contribution in [2.24, 2.45) is 16.5 Å². The van der Waals surface area contributed by atoms with Crippen LogP contribution in [-0.2, 0) is 9.53 Å². The number of ether oxygens (including phenoxy) is 1. The van der Waals surface area contributed by atoms with Crippen molar-refractivity contribution in [2.45, 2.75) is 6.92 Å².